The van der Waals surface area contributed by atoms with E-state index in [2.05, 4.69) is 0 Å². The molecule has 1 N–H and O–H groups in total. The van der Waals surface area contributed by atoms with E-state index in [0.717, 1.165) is 21.4 Å². The van der Waals surface area contributed by atoms with Crippen LogP contribution in [-0.4, -0.2) is 41.9 Å². The van der Waals surface area contributed by atoms with E-state index in [-0.39, 0.29) is 43.8 Å². The molecular weight excluding hydrogens is 468 g/mol. The molecule has 0 saturated carbocycles. The van der Waals surface area contributed by atoms with Crippen LogP contribution in [0.15, 0.2) is 30.5 Å². The average molecular weight is 486 g/mol. The van der Waals surface area contributed by atoms with Crippen molar-refractivity contribution in [3.8, 4) is 0 Å². The number of para-hydroxylation sites is 1. The zero-order valence-corrected chi connectivity index (χ0v) is 19.4. The molecular formula is C21H18Cl4N3O2+. The molecule has 0 aliphatic carbocycles. The number of likely N-dealkylation sites (N-methyl/N-ethyl adjacent to an activating group) is 1. The maximum atomic E-state index is 13.1. The lowest BCUT2D eigenvalue weighted by Gasteiger charge is -2.25. The second-order valence-electron chi connectivity index (χ2n) is 7.57. The molecule has 1 aromatic heterocycles. The van der Waals surface area contributed by atoms with Crippen molar-refractivity contribution < 1.29 is 14.5 Å². The summed E-state index contributed by atoms with van der Waals surface area (Å²) in [6.07, 6.45) is 2.04. The molecule has 5 nitrogen and oxygen atoms in total. The van der Waals surface area contributed by atoms with Crippen molar-refractivity contribution in [2.45, 2.75) is 6.04 Å². The van der Waals surface area contributed by atoms with Gasteiger partial charge in [-0.25, -0.2) is 0 Å². The molecule has 0 fully saturated rings. The van der Waals surface area contributed by atoms with Gasteiger partial charge in [0.25, 0.3) is 11.8 Å². The summed E-state index contributed by atoms with van der Waals surface area (Å²) in [7, 11) is 5.94. The van der Waals surface area contributed by atoms with Crippen molar-refractivity contribution in [1.82, 2.24) is 9.47 Å². The van der Waals surface area contributed by atoms with E-state index in [1.54, 1.807) is 0 Å². The molecule has 156 valence electrons. The Morgan fingerprint density at radius 1 is 0.900 bits per heavy atom. The Morgan fingerprint density at radius 2 is 1.43 bits per heavy atom. The third kappa shape index (κ3) is 3.12. The molecule has 0 bridgehead atoms. The normalized spacial score (nSPS) is 14.9. The lowest BCUT2D eigenvalue weighted by atomic mass is 10.0. The third-order valence-corrected chi connectivity index (χ3v) is 7.35. The topological polar surface area (TPSA) is 46.8 Å². The average Bonchev–Trinajstić information content (AvgIpc) is 3.17. The lowest BCUT2D eigenvalue weighted by molar-refractivity contribution is -0.891. The van der Waals surface area contributed by atoms with Crippen LogP contribution in [0.4, 0.5) is 0 Å². The molecule has 0 unspecified atom stereocenters. The Balaban J connectivity index is 1.79. The van der Waals surface area contributed by atoms with Crippen LogP contribution in [0.5, 0.6) is 0 Å². The number of fused-ring (bicyclic) bond motifs is 2. The van der Waals surface area contributed by atoms with E-state index in [9.17, 15) is 9.59 Å². The number of carbonyl (C=O) groups excluding carboxylic acids is 2. The maximum Gasteiger partial charge on any atom is 0.263 e. The van der Waals surface area contributed by atoms with Gasteiger partial charge in [0.05, 0.1) is 51.9 Å². The number of benzene rings is 2. The second-order valence-corrected chi connectivity index (χ2v) is 9.08. The Hall–Kier alpha value is -1.76. The fourth-order valence-electron chi connectivity index (χ4n) is 3.99. The molecule has 1 aliphatic rings. The molecule has 30 heavy (non-hydrogen) atoms. The van der Waals surface area contributed by atoms with E-state index in [1.165, 1.54) is 4.90 Å². The first-order chi connectivity index (χ1) is 14.1. The smallest absolute Gasteiger partial charge is 0.263 e. The molecule has 1 atom stereocenters. The molecule has 3 aromatic rings. The fourth-order valence-corrected chi connectivity index (χ4v) is 5.00. The highest BCUT2D eigenvalue weighted by molar-refractivity contribution is 6.55. The van der Waals surface area contributed by atoms with Crippen molar-refractivity contribution >= 4 is 69.1 Å². The van der Waals surface area contributed by atoms with Crippen LogP contribution in [0.25, 0.3) is 10.9 Å². The first-order valence-electron chi connectivity index (χ1n) is 9.21. The van der Waals surface area contributed by atoms with Gasteiger partial charge in [-0.1, -0.05) is 64.6 Å². The number of imide groups is 1. The van der Waals surface area contributed by atoms with Crippen LogP contribution in [0, 0.1) is 0 Å². The number of hydrogen-bond donors (Lipinski definition) is 1. The van der Waals surface area contributed by atoms with E-state index in [0.29, 0.717) is 0 Å². The number of carbonyl (C=O) groups is 2. The molecule has 1 aliphatic heterocycles. The third-order valence-electron chi connectivity index (χ3n) is 5.55. The zero-order chi connectivity index (χ0) is 21.9. The van der Waals surface area contributed by atoms with Gasteiger partial charge in [-0.2, -0.15) is 0 Å². The number of nitrogens with one attached hydrogen (secondary N) is 1. The van der Waals surface area contributed by atoms with Crippen LogP contribution >= 0.6 is 46.4 Å². The lowest BCUT2D eigenvalue weighted by Crippen LogP contribution is -3.07. The number of amides is 2. The first-order valence-corrected chi connectivity index (χ1v) is 10.7. The van der Waals surface area contributed by atoms with Gasteiger partial charge in [0, 0.05) is 29.7 Å². The van der Waals surface area contributed by atoms with Gasteiger partial charge < -0.3 is 9.47 Å². The summed E-state index contributed by atoms with van der Waals surface area (Å²) in [4.78, 5) is 28.5. The van der Waals surface area contributed by atoms with E-state index in [1.807, 2.05) is 56.2 Å². The van der Waals surface area contributed by atoms with Crippen LogP contribution in [0.2, 0.25) is 20.1 Å². The molecule has 4 rings (SSSR count). The molecule has 2 aromatic carbocycles. The van der Waals surface area contributed by atoms with Gasteiger partial charge in [-0.05, 0) is 6.07 Å². The Bertz CT molecular complexity index is 1170. The van der Waals surface area contributed by atoms with Gasteiger partial charge in [0.1, 0.15) is 6.04 Å². The molecule has 0 saturated heterocycles. The van der Waals surface area contributed by atoms with Crippen molar-refractivity contribution in [2.24, 2.45) is 7.05 Å². The molecule has 2 heterocycles. The number of aryl methyl sites for hydroxylation is 1. The number of quaternary nitrogens is 1. The van der Waals surface area contributed by atoms with Crippen molar-refractivity contribution in [3.63, 3.8) is 0 Å². The van der Waals surface area contributed by atoms with Gasteiger partial charge in [0.2, 0.25) is 0 Å². The van der Waals surface area contributed by atoms with Crippen molar-refractivity contribution in [2.75, 3.05) is 20.6 Å². The molecule has 2 amide bonds. The number of nitrogens with zero attached hydrogens (tertiary/aromatic N) is 2. The van der Waals surface area contributed by atoms with Gasteiger partial charge >= 0.3 is 0 Å². The number of rotatable bonds is 4. The minimum absolute atomic E-state index is 0.00601. The summed E-state index contributed by atoms with van der Waals surface area (Å²) in [6.45, 7) is 0.157. The molecule has 0 radical (unpaired) electrons. The number of halogens is 4. The SMILES string of the molecule is Cn1cc([C@H](CN2C(=O)c3c(Cl)c(Cl)c(Cl)c(Cl)c3C2=O)[NH+](C)C)c2ccccc21. The largest absolute Gasteiger partial charge is 0.350 e. The zero-order valence-electron chi connectivity index (χ0n) is 16.4. The van der Waals surface area contributed by atoms with Gasteiger partial charge in [0.15, 0.2) is 0 Å². The molecule has 9 heteroatoms. The van der Waals surface area contributed by atoms with Gasteiger partial charge in [-0.15, -0.1) is 0 Å². The number of aromatic nitrogens is 1. The Labute approximate surface area is 193 Å². The fraction of sp³-hybridized carbons (Fsp3) is 0.238. The van der Waals surface area contributed by atoms with Crippen LogP contribution in [-0.2, 0) is 7.05 Å². The van der Waals surface area contributed by atoms with Gasteiger partial charge in [-0.3, -0.25) is 14.5 Å². The monoisotopic (exact) mass is 484 g/mol. The highest BCUT2D eigenvalue weighted by Gasteiger charge is 2.43. The highest BCUT2D eigenvalue weighted by Crippen LogP contribution is 2.45. The Morgan fingerprint density at radius 3 is 1.97 bits per heavy atom. The minimum atomic E-state index is -0.521. The predicted molar refractivity (Wildman–Crippen MR) is 120 cm³/mol. The van der Waals surface area contributed by atoms with Crippen LogP contribution in [0.1, 0.15) is 32.3 Å². The van der Waals surface area contributed by atoms with Crippen LogP contribution in [0.3, 0.4) is 0 Å². The summed E-state index contributed by atoms with van der Waals surface area (Å²) >= 11 is 24.7. The summed E-state index contributed by atoms with van der Waals surface area (Å²) in [5.74, 6) is -1.04. The first kappa shape index (κ1) is 21.5. The highest BCUT2D eigenvalue weighted by atomic mass is 35.5. The second kappa shape index (κ2) is 7.74. The summed E-state index contributed by atoms with van der Waals surface area (Å²) in [5, 5.41) is 0.898. The van der Waals surface area contributed by atoms with E-state index in [4.69, 9.17) is 46.4 Å². The summed E-state index contributed by atoms with van der Waals surface area (Å²) < 4.78 is 2.04. The van der Waals surface area contributed by atoms with Crippen molar-refractivity contribution in [3.05, 3.63) is 67.2 Å². The predicted octanol–water partition coefficient (Wildman–Crippen LogP) is 4.27. The number of hydrogen-bond acceptors (Lipinski definition) is 2. The minimum Gasteiger partial charge on any atom is -0.350 e. The quantitative estimate of drug-likeness (QED) is 0.340. The Kier molecular flexibility index (Phi) is 5.54. The van der Waals surface area contributed by atoms with Crippen LogP contribution < -0.4 is 4.90 Å². The molecule has 0 spiro atoms. The summed E-state index contributed by atoms with van der Waals surface area (Å²) in [5.41, 5.74) is 2.13. The van der Waals surface area contributed by atoms with Crippen molar-refractivity contribution in [1.29, 1.82) is 0 Å². The summed E-state index contributed by atoms with van der Waals surface area (Å²) in [6, 6.07) is 7.86. The van der Waals surface area contributed by atoms with E-state index < -0.39 is 11.8 Å². The standard InChI is InChI=1S/C21H17Cl4N3O2/c1-26(2)13(11-8-27(3)12-7-5-4-6-10(11)12)9-28-20(29)14-15(21(28)30)17(23)19(25)18(24)16(14)22/h4-8,13H,9H2,1-3H3/p+1/t13-/m0/s1. The van der Waals surface area contributed by atoms with E-state index >= 15 is 0 Å². The maximum absolute atomic E-state index is 13.1.